The first-order valence-corrected chi connectivity index (χ1v) is 15.5. The Balaban J connectivity index is 3.50. The van der Waals surface area contributed by atoms with E-state index in [4.69, 9.17) is 5.11 Å². The lowest BCUT2D eigenvalue weighted by Crippen LogP contribution is -2.37. The van der Waals surface area contributed by atoms with E-state index in [9.17, 15) is 28.8 Å². The van der Waals surface area contributed by atoms with Gasteiger partial charge in [0.15, 0.2) is 0 Å². The second-order valence-corrected chi connectivity index (χ2v) is 10.2. The lowest BCUT2D eigenvalue weighted by atomic mass is 10.1. The third-order valence-electron chi connectivity index (χ3n) is 6.31. The summed E-state index contributed by atoms with van der Waals surface area (Å²) in [6, 6.07) is 0. The number of hydrogen-bond acceptors (Lipinski definition) is 7. The van der Waals surface area contributed by atoms with Crippen molar-refractivity contribution in [2.75, 3.05) is 45.8 Å². The minimum Gasteiger partial charge on any atom is -0.481 e. The number of aliphatic carboxylic acids is 1. The van der Waals surface area contributed by atoms with Gasteiger partial charge in [-0.05, 0) is 64.8 Å². The number of nitrogens with one attached hydrogen (secondary N) is 6. The smallest absolute Gasteiger partial charge is 0.303 e. The van der Waals surface area contributed by atoms with Gasteiger partial charge in [-0.15, -0.1) is 0 Å². The molecule has 0 saturated carbocycles. The molecule has 0 aromatic carbocycles. The summed E-state index contributed by atoms with van der Waals surface area (Å²) in [6.07, 6.45) is 9.54. The fourth-order valence-electron chi connectivity index (χ4n) is 3.94. The molecular weight excluding hydrogens is 544 g/mol. The Kier molecular flexibility index (Phi) is 25.8. The van der Waals surface area contributed by atoms with Crippen LogP contribution in [0.2, 0.25) is 0 Å². The zero-order valence-electron chi connectivity index (χ0n) is 25.5. The molecular formula is C29H54N6O7. The van der Waals surface area contributed by atoms with Gasteiger partial charge >= 0.3 is 5.97 Å². The standard InChI is InChI=1S/C29H54N6O7/c1-2-31-27(39)22-30-18-10-5-13-20-33-25(37)16-9-8-15-24(36)32-19-11-3-6-14-26(38)35-23-28(40)34-21-12-4-7-17-29(41)42/h30H,2-23H2,1H3,(H,31,39)(H,32,36)(H,33,37)(H,34,40)(H,35,38)(H,41,42). The van der Waals surface area contributed by atoms with Gasteiger partial charge in [-0.2, -0.15) is 0 Å². The average Bonchev–Trinajstić information content (AvgIpc) is 2.95. The van der Waals surface area contributed by atoms with E-state index in [1.165, 1.54) is 0 Å². The van der Waals surface area contributed by atoms with E-state index in [0.717, 1.165) is 45.1 Å². The summed E-state index contributed by atoms with van der Waals surface area (Å²) in [4.78, 5) is 69.2. The number of carbonyl (C=O) groups is 6. The van der Waals surface area contributed by atoms with Crippen molar-refractivity contribution in [2.24, 2.45) is 0 Å². The van der Waals surface area contributed by atoms with Gasteiger partial charge in [0.2, 0.25) is 29.5 Å². The fourth-order valence-corrected chi connectivity index (χ4v) is 3.94. The Morgan fingerprint density at radius 3 is 1.36 bits per heavy atom. The Morgan fingerprint density at radius 2 is 0.833 bits per heavy atom. The number of amides is 5. The Morgan fingerprint density at radius 1 is 0.429 bits per heavy atom. The third-order valence-corrected chi connectivity index (χ3v) is 6.31. The zero-order valence-corrected chi connectivity index (χ0v) is 25.5. The average molecular weight is 599 g/mol. The zero-order chi connectivity index (χ0) is 31.3. The van der Waals surface area contributed by atoms with Crippen molar-refractivity contribution >= 4 is 35.5 Å². The van der Waals surface area contributed by atoms with Crippen molar-refractivity contribution in [3.63, 3.8) is 0 Å². The molecule has 0 unspecified atom stereocenters. The third kappa shape index (κ3) is 28.3. The van der Waals surface area contributed by atoms with E-state index in [0.29, 0.717) is 84.1 Å². The summed E-state index contributed by atoms with van der Waals surface area (Å²) in [7, 11) is 0. The van der Waals surface area contributed by atoms with Gasteiger partial charge in [-0.1, -0.05) is 19.3 Å². The molecule has 0 bridgehead atoms. The predicted molar refractivity (Wildman–Crippen MR) is 160 cm³/mol. The Bertz CT molecular complexity index is 794. The summed E-state index contributed by atoms with van der Waals surface area (Å²) in [5.41, 5.74) is 0. The number of unbranched alkanes of at least 4 members (excludes halogenated alkanes) is 7. The molecule has 0 aromatic rings. The van der Waals surface area contributed by atoms with Gasteiger partial charge in [0, 0.05) is 51.9 Å². The fraction of sp³-hybridized carbons (Fsp3) is 0.793. The number of likely N-dealkylation sites (N-methyl/N-ethyl adjacent to an activating group) is 1. The number of hydrogen-bond donors (Lipinski definition) is 7. The van der Waals surface area contributed by atoms with Gasteiger partial charge < -0.3 is 37.0 Å². The van der Waals surface area contributed by atoms with Crippen LogP contribution in [-0.2, 0) is 28.8 Å². The highest BCUT2D eigenvalue weighted by Gasteiger charge is 2.07. The topological polar surface area (TPSA) is 195 Å². The highest BCUT2D eigenvalue weighted by molar-refractivity contribution is 5.84. The first-order valence-electron chi connectivity index (χ1n) is 15.5. The summed E-state index contributed by atoms with van der Waals surface area (Å²) in [5, 5.41) is 25.4. The van der Waals surface area contributed by atoms with Gasteiger partial charge in [0.1, 0.15) is 0 Å². The van der Waals surface area contributed by atoms with E-state index < -0.39 is 5.97 Å². The first-order chi connectivity index (χ1) is 20.2. The molecule has 0 aliphatic carbocycles. The monoisotopic (exact) mass is 598 g/mol. The number of rotatable bonds is 28. The molecule has 0 aliphatic rings. The Labute approximate surface area is 250 Å². The maximum Gasteiger partial charge on any atom is 0.303 e. The molecule has 0 heterocycles. The van der Waals surface area contributed by atoms with Crippen molar-refractivity contribution in [1.82, 2.24) is 31.9 Å². The molecule has 0 fully saturated rings. The first kappa shape index (κ1) is 38.8. The SMILES string of the molecule is CCNC(=O)CNCCCCCNC(=O)CCCCC(=O)NCCCCCC(=O)NCC(=O)NCCCCCC(=O)O. The molecule has 0 radical (unpaired) electrons. The molecule has 13 heteroatoms. The summed E-state index contributed by atoms with van der Waals surface area (Å²) >= 11 is 0. The van der Waals surface area contributed by atoms with E-state index in [1.54, 1.807) is 0 Å². The van der Waals surface area contributed by atoms with Gasteiger partial charge in [0.05, 0.1) is 13.1 Å². The van der Waals surface area contributed by atoms with Crippen LogP contribution in [0.25, 0.3) is 0 Å². The van der Waals surface area contributed by atoms with Crippen LogP contribution in [0.1, 0.15) is 103 Å². The van der Waals surface area contributed by atoms with Gasteiger partial charge in [0.25, 0.3) is 0 Å². The number of carbonyl (C=O) groups excluding carboxylic acids is 5. The molecule has 0 aromatic heterocycles. The van der Waals surface area contributed by atoms with Crippen LogP contribution in [-0.4, -0.2) is 86.4 Å². The maximum absolute atomic E-state index is 12.0. The molecule has 42 heavy (non-hydrogen) atoms. The van der Waals surface area contributed by atoms with E-state index in [-0.39, 0.29) is 42.5 Å². The van der Waals surface area contributed by atoms with Crippen LogP contribution in [0.5, 0.6) is 0 Å². The molecule has 0 aliphatic heterocycles. The van der Waals surface area contributed by atoms with Crippen LogP contribution in [0.3, 0.4) is 0 Å². The summed E-state index contributed by atoms with van der Waals surface area (Å²) in [6.45, 7) is 5.17. The normalized spacial score (nSPS) is 10.5. The van der Waals surface area contributed by atoms with E-state index >= 15 is 0 Å². The van der Waals surface area contributed by atoms with Crippen LogP contribution < -0.4 is 31.9 Å². The molecule has 0 spiro atoms. The molecule has 242 valence electrons. The van der Waals surface area contributed by atoms with Crippen LogP contribution in [0.4, 0.5) is 0 Å². The molecule has 0 rings (SSSR count). The van der Waals surface area contributed by atoms with E-state index in [2.05, 4.69) is 31.9 Å². The molecule has 5 amide bonds. The molecule has 0 saturated heterocycles. The maximum atomic E-state index is 12.0. The largest absolute Gasteiger partial charge is 0.481 e. The van der Waals surface area contributed by atoms with Crippen LogP contribution in [0.15, 0.2) is 0 Å². The lowest BCUT2D eigenvalue weighted by molar-refractivity contribution is -0.137. The van der Waals surface area contributed by atoms with Crippen LogP contribution >= 0.6 is 0 Å². The Hall–Kier alpha value is -3.22. The molecule has 7 N–H and O–H groups in total. The summed E-state index contributed by atoms with van der Waals surface area (Å²) < 4.78 is 0. The highest BCUT2D eigenvalue weighted by Crippen LogP contribution is 2.02. The van der Waals surface area contributed by atoms with Crippen molar-refractivity contribution in [3.05, 3.63) is 0 Å². The van der Waals surface area contributed by atoms with Crippen LogP contribution in [0, 0.1) is 0 Å². The molecule has 13 nitrogen and oxygen atoms in total. The summed E-state index contributed by atoms with van der Waals surface area (Å²) in [5.74, 6) is -1.32. The minimum atomic E-state index is -0.822. The number of carboxylic acid groups (broad SMARTS) is 1. The van der Waals surface area contributed by atoms with Crippen molar-refractivity contribution < 1.29 is 33.9 Å². The van der Waals surface area contributed by atoms with E-state index in [1.807, 2.05) is 6.92 Å². The predicted octanol–water partition coefficient (Wildman–Crippen LogP) is 1.11. The van der Waals surface area contributed by atoms with Gasteiger partial charge in [-0.3, -0.25) is 28.8 Å². The van der Waals surface area contributed by atoms with Crippen molar-refractivity contribution in [3.8, 4) is 0 Å². The van der Waals surface area contributed by atoms with Gasteiger partial charge in [-0.25, -0.2) is 0 Å². The lowest BCUT2D eigenvalue weighted by Gasteiger charge is -2.08. The van der Waals surface area contributed by atoms with Crippen molar-refractivity contribution in [2.45, 2.75) is 103 Å². The minimum absolute atomic E-state index is 0.000555. The van der Waals surface area contributed by atoms with Crippen molar-refractivity contribution in [1.29, 1.82) is 0 Å². The number of carboxylic acids is 1. The molecule has 0 atom stereocenters. The second kappa shape index (κ2) is 27.9. The quantitative estimate of drug-likeness (QED) is 0.0651. The highest BCUT2D eigenvalue weighted by atomic mass is 16.4. The second-order valence-electron chi connectivity index (χ2n) is 10.2.